The molecule has 0 aromatic carbocycles. The Hall–Kier alpha value is -0.438. The maximum Gasteiger partial charge on any atom is 1.00 e. The van der Waals surface area contributed by atoms with Crippen molar-refractivity contribution in [3.8, 4) is 0 Å². The molecule has 1 fully saturated rings. The molecule has 1 aliphatic heterocycles. The van der Waals surface area contributed by atoms with Crippen LogP contribution in [0, 0.1) is 0 Å². The predicted molar refractivity (Wildman–Crippen MR) is 116 cm³/mol. The molecule has 0 radical (unpaired) electrons. The van der Waals surface area contributed by atoms with Crippen LogP contribution < -0.4 is 44.8 Å². The van der Waals surface area contributed by atoms with Gasteiger partial charge in [-0.3, -0.25) is 4.79 Å². The Morgan fingerprint density at radius 1 is 0.821 bits per heavy atom. The van der Waals surface area contributed by atoms with Crippen LogP contribution in [-0.4, -0.2) is 28.7 Å². The van der Waals surface area contributed by atoms with Crippen LogP contribution in [0.25, 0.3) is 0 Å². The van der Waals surface area contributed by atoms with Crippen molar-refractivity contribution in [1.82, 2.24) is 15.3 Å². The first-order valence-corrected chi connectivity index (χ1v) is 11.1. The Kier molecular flexibility index (Phi) is 21.1. The van der Waals surface area contributed by atoms with Gasteiger partial charge in [-0.15, -0.1) is 0 Å². The van der Waals surface area contributed by atoms with Crippen LogP contribution in [0.1, 0.15) is 70.2 Å². The molecule has 4 nitrogen and oxygen atoms in total. The number of nitrogens with one attached hydrogen (secondary N) is 1. The molecule has 0 unspecified atom stereocenters. The molecule has 2 aromatic heterocycles. The molecule has 148 valence electrons. The van der Waals surface area contributed by atoms with Crippen molar-refractivity contribution in [2.75, 3.05) is 6.54 Å². The van der Waals surface area contributed by atoms with Crippen LogP contribution in [0.2, 0.25) is 5.28 Å². The second-order valence-electron chi connectivity index (χ2n) is 6.13. The van der Waals surface area contributed by atoms with Gasteiger partial charge in [0.05, 0.1) is 0 Å². The molecule has 2 aromatic rings. The second kappa shape index (κ2) is 19.9. The van der Waals surface area contributed by atoms with Crippen molar-refractivity contribution in [1.29, 1.82) is 0 Å². The number of hydrogen-bond acceptors (Lipinski definition) is 1. The molecule has 1 amide bonds. The van der Waals surface area contributed by atoms with E-state index in [1.54, 1.807) is 0 Å². The summed E-state index contributed by atoms with van der Waals surface area (Å²) < 4.78 is 0. The van der Waals surface area contributed by atoms with Gasteiger partial charge in [0.15, 0.2) is 0 Å². The summed E-state index contributed by atoms with van der Waals surface area (Å²) in [6.45, 7) is 11.5. The van der Waals surface area contributed by atoms with Crippen LogP contribution in [0.4, 0.5) is 0 Å². The standard InChI is InChI=1S/2C8H12N.C4H7NO.C2H5.Al.Na/c2*1-3-7-5-6-8(4-2)9-7;6-4-2-1-3-5-4;1-2;;/h2*5-6H,3-4H2,1-2H3;1-3H2,(H,5,6);1H2,2H3;;/q2*-1;;;+2;+1. The number of amides is 1. The van der Waals surface area contributed by atoms with E-state index in [1.165, 1.54) is 28.1 Å². The Bertz CT molecular complexity index is 523. The molecule has 0 aliphatic carbocycles. The summed E-state index contributed by atoms with van der Waals surface area (Å²) in [5.74, 6) is 0.204. The third-order valence-corrected chi connectivity index (χ3v) is 3.86. The molecule has 3 rings (SSSR count). The largest absolute Gasteiger partial charge is 1.00 e. The van der Waals surface area contributed by atoms with E-state index >= 15 is 0 Å². The van der Waals surface area contributed by atoms with Crippen LogP contribution in [0.15, 0.2) is 24.3 Å². The van der Waals surface area contributed by atoms with E-state index in [2.05, 4.69) is 90.5 Å². The Balaban J connectivity index is 0. The molecule has 0 atom stereocenters. The summed E-state index contributed by atoms with van der Waals surface area (Å²) in [6.07, 6.45) is 5.98. The van der Waals surface area contributed by atoms with Crippen LogP contribution >= 0.6 is 0 Å². The van der Waals surface area contributed by atoms with Gasteiger partial charge in [0.25, 0.3) is 0 Å². The summed E-state index contributed by atoms with van der Waals surface area (Å²) in [5, 5.41) is 3.85. The average molecular weight is 409 g/mol. The summed E-state index contributed by atoms with van der Waals surface area (Å²) >= 11 is 2.58. The number of rotatable bonds is 4. The minimum atomic E-state index is 0. The fraction of sp³-hybridized carbons (Fsp3) is 0.591. The predicted octanol–water partition coefficient (Wildman–Crippen LogP) is 1.03. The van der Waals surface area contributed by atoms with E-state index in [-0.39, 0.29) is 35.5 Å². The van der Waals surface area contributed by atoms with Crippen LogP contribution in [0.3, 0.4) is 0 Å². The van der Waals surface area contributed by atoms with Gasteiger partial charge in [0.1, 0.15) is 0 Å². The molecule has 1 N–H and O–H groups in total. The number of carbonyl (C=O) groups excluding carboxylic acids is 1. The van der Waals surface area contributed by atoms with Crippen molar-refractivity contribution in [2.45, 2.75) is 78.4 Å². The number of aryl methyl sites for hydroxylation is 4. The molecule has 0 bridgehead atoms. The normalized spacial score (nSPS) is 11.6. The van der Waals surface area contributed by atoms with Gasteiger partial charge in [-0.25, -0.2) is 0 Å². The molecule has 0 saturated carbocycles. The Labute approximate surface area is 202 Å². The van der Waals surface area contributed by atoms with Crippen LogP contribution in [-0.2, 0) is 30.5 Å². The number of carbonyl (C=O) groups is 1. The number of nitrogens with zero attached hydrogens (tertiary/aromatic N) is 2. The molecule has 28 heavy (non-hydrogen) atoms. The fourth-order valence-electron chi connectivity index (χ4n) is 2.26. The van der Waals surface area contributed by atoms with E-state index < -0.39 is 0 Å². The van der Waals surface area contributed by atoms with E-state index in [9.17, 15) is 4.79 Å². The first-order chi connectivity index (χ1) is 13.0. The van der Waals surface area contributed by atoms with E-state index in [1.807, 2.05) is 0 Å². The van der Waals surface area contributed by atoms with Gasteiger partial charge in [-0.05, 0) is 6.42 Å². The second-order valence-corrected chi connectivity index (χ2v) is 6.95. The third kappa shape index (κ3) is 14.5. The molecule has 1 saturated heterocycles. The minimum absolute atomic E-state index is 0. The molecular weight excluding hydrogens is 372 g/mol. The maximum absolute atomic E-state index is 10.1. The SMILES string of the molecule is CCc1ccc(CC)[n-]1.CCc1ccc(CC)[n-]1.C[CH2][Al+2].O=C1CCCN1.[Na+]. The van der Waals surface area contributed by atoms with Gasteiger partial charge in [0.2, 0.25) is 5.91 Å². The van der Waals surface area contributed by atoms with Crippen LogP contribution in [0.5, 0.6) is 0 Å². The molecule has 1 aliphatic rings. The number of aromatic nitrogens is 2. The van der Waals surface area contributed by atoms with E-state index in [0.717, 1.165) is 45.1 Å². The summed E-state index contributed by atoms with van der Waals surface area (Å²) in [7, 11) is 0. The van der Waals surface area contributed by atoms with E-state index in [0.29, 0.717) is 0 Å². The summed E-state index contributed by atoms with van der Waals surface area (Å²) in [5.41, 5.74) is 4.86. The third-order valence-electron chi connectivity index (χ3n) is 3.86. The van der Waals surface area contributed by atoms with Gasteiger partial charge < -0.3 is 15.3 Å². The minimum Gasteiger partial charge on any atom is -0.356 e. The van der Waals surface area contributed by atoms with Gasteiger partial charge in [-0.1, -0.05) is 77.6 Å². The van der Waals surface area contributed by atoms with Gasteiger partial charge >= 0.3 is 58.1 Å². The fourth-order valence-corrected chi connectivity index (χ4v) is 2.26. The average Bonchev–Trinajstić information content (AvgIpc) is 3.44. The van der Waals surface area contributed by atoms with Crippen molar-refractivity contribution < 1.29 is 34.4 Å². The monoisotopic (exact) mass is 408 g/mol. The maximum atomic E-state index is 10.1. The van der Waals surface area contributed by atoms with Gasteiger partial charge in [-0.2, -0.15) is 22.8 Å². The zero-order valence-electron chi connectivity index (χ0n) is 18.8. The summed E-state index contributed by atoms with van der Waals surface area (Å²) in [6, 6.07) is 8.38. The summed E-state index contributed by atoms with van der Waals surface area (Å²) in [4.78, 5) is 18.8. The first kappa shape index (κ1) is 29.8. The smallest absolute Gasteiger partial charge is 0.356 e. The Morgan fingerprint density at radius 2 is 1.14 bits per heavy atom. The quantitative estimate of drug-likeness (QED) is 0.769. The molecule has 6 heteroatoms. The first-order valence-electron chi connectivity index (χ1n) is 10.2. The van der Waals surface area contributed by atoms with Crippen molar-refractivity contribution in [3.63, 3.8) is 0 Å². The Morgan fingerprint density at radius 3 is 1.25 bits per heavy atom. The zero-order chi connectivity index (χ0) is 20.5. The van der Waals surface area contributed by atoms with Crippen molar-refractivity contribution in [2.24, 2.45) is 0 Å². The van der Waals surface area contributed by atoms with Crippen molar-refractivity contribution in [3.05, 3.63) is 47.0 Å². The molecular formula is C22H36AlN3NaO+. The van der Waals surface area contributed by atoms with E-state index in [4.69, 9.17) is 0 Å². The molecule has 0 spiro atoms. The van der Waals surface area contributed by atoms with Crippen molar-refractivity contribution >= 4 is 22.2 Å². The topological polar surface area (TPSA) is 57.3 Å². The zero-order valence-corrected chi connectivity index (χ0v) is 22.0. The van der Waals surface area contributed by atoms with Gasteiger partial charge in [0, 0.05) is 13.0 Å². The number of hydrogen-bond donors (Lipinski definition) is 1. The molecule has 3 heterocycles.